The summed E-state index contributed by atoms with van der Waals surface area (Å²) in [5, 5.41) is 8.88. The van der Waals surface area contributed by atoms with E-state index in [1.807, 2.05) is 24.3 Å². The van der Waals surface area contributed by atoms with Crippen LogP contribution in [0.1, 0.15) is 16.8 Å². The van der Waals surface area contributed by atoms with E-state index in [1.54, 1.807) is 11.8 Å². The number of benzene rings is 1. The summed E-state index contributed by atoms with van der Waals surface area (Å²) < 4.78 is 0. The molecule has 15 heavy (non-hydrogen) atoms. The third-order valence-electron chi connectivity index (χ3n) is 3.30. The number of nitriles is 1. The average Bonchev–Trinajstić information content (AvgIpc) is 2.99. The number of carbonyl (C=O) groups excluding carboxylic acids is 1. The van der Waals surface area contributed by atoms with Gasteiger partial charge in [-0.15, -0.1) is 11.8 Å². The van der Waals surface area contributed by atoms with Crippen molar-refractivity contribution >= 4 is 17.5 Å². The Balaban J connectivity index is 2.05. The van der Waals surface area contributed by atoms with Gasteiger partial charge in [0.1, 0.15) is 0 Å². The van der Waals surface area contributed by atoms with Gasteiger partial charge in [-0.3, -0.25) is 4.79 Å². The van der Waals surface area contributed by atoms with Crippen LogP contribution in [0.5, 0.6) is 0 Å². The van der Waals surface area contributed by atoms with Gasteiger partial charge in [0.25, 0.3) is 0 Å². The Labute approximate surface area is 92.3 Å². The van der Waals surface area contributed by atoms with Crippen LogP contribution >= 0.6 is 11.8 Å². The lowest BCUT2D eigenvalue weighted by molar-refractivity contribution is 0.0903. The number of hydrogen-bond donors (Lipinski definition) is 0. The van der Waals surface area contributed by atoms with E-state index in [9.17, 15) is 4.79 Å². The van der Waals surface area contributed by atoms with Crippen molar-refractivity contribution in [3.8, 4) is 6.07 Å². The highest BCUT2D eigenvalue weighted by Crippen LogP contribution is 2.59. The normalized spacial score (nSPS) is 32.2. The first-order valence-corrected chi connectivity index (χ1v) is 5.93. The number of rotatable bonds is 0. The topological polar surface area (TPSA) is 40.9 Å². The monoisotopic (exact) mass is 215 g/mol. The molecule has 0 N–H and O–H groups in total. The maximum atomic E-state index is 12.2. The van der Waals surface area contributed by atoms with Gasteiger partial charge >= 0.3 is 0 Å². The molecule has 74 valence electrons. The molecule has 0 saturated heterocycles. The highest BCUT2D eigenvalue weighted by molar-refractivity contribution is 7.99. The molecule has 0 unspecified atom stereocenters. The van der Waals surface area contributed by atoms with Crippen LogP contribution in [0.25, 0.3) is 0 Å². The Morgan fingerprint density at radius 1 is 1.47 bits per heavy atom. The molecule has 0 bridgehead atoms. The van der Waals surface area contributed by atoms with Gasteiger partial charge in [-0.05, 0) is 12.5 Å². The average molecular weight is 215 g/mol. The van der Waals surface area contributed by atoms with Gasteiger partial charge in [0.15, 0.2) is 5.78 Å². The highest BCUT2D eigenvalue weighted by Gasteiger charge is 2.61. The summed E-state index contributed by atoms with van der Waals surface area (Å²) in [5.74, 6) is 0.912. The molecule has 1 heterocycles. The van der Waals surface area contributed by atoms with Crippen molar-refractivity contribution in [2.45, 2.75) is 11.3 Å². The fourth-order valence-electron chi connectivity index (χ4n) is 2.21. The van der Waals surface area contributed by atoms with Crippen molar-refractivity contribution in [1.29, 1.82) is 5.26 Å². The van der Waals surface area contributed by atoms with Crippen molar-refractivity contribution in [2.75, 3.05) is 5.75 Å². The van der Waals surface area contributed by atoms with E-state index >= 15 is 0 Å². The largest absolute Gasteiger partial charge is 0.293 e. The minimum absolute atomic E-state index is 0.0501. The zero-order valence-corrected chi connectivity index (χ0v) is 8.88. The van der Waals surface area contributed by atoms with Crippen LogP contribution in [0.4, 0.5) is 0 Å². The van der Waals surface area contributed by atoms with E-state index < -0.39 is 0 Å². The quantitative estimate of drug-likeness (QED) is 0.667. The Hall–Kier alpha value is -1.27. The van der Waals surface area contributed by atoms with Gasteiger partial charge in [0.05, 0.1) is 17.4 Å². The number of ketones is 1. The summed E-state index contributed by atoms with van der Waals surface area (Å²) in [6, 6.07) is 9.92. The van der Waals surface area contributed by atoms with Crippen molar-refractivity contribution < 1.29 is 4.79 Å². The molecule has 2 atom stereocenters. The molecule has 3 heteroatoms. The first kappa shape index (κ1) is 8.99. The van der Waals surface area contributed by atoms with E-state index in [2.05, 4.69) is 6.07 Å². The molecule has 3 rings (SSSR count). The van der Waals surface area contributed by atoms with Crippen molar-refractivity contribution in [3.05, 3.63) is 29.8 Å². The molecule has 1 aromatic carbocycles. The summed E-state index contributed by atoms with van der Waals surface area (Å²) in [4.78, 5) is 13.3. The smallest absolute Gasteiger partial charge is 0.172 e. The Morgan fingerprint density at radius 2 is 2.27 bits per heavy atom. The van der Waals surface area contributed by atoms with E-state index in [0.717, 1.165) is 22.6 Å². The predicted molar refractivity (Wildman–Crippen MR) is 57.6 cm³/mol. The predicted octanol–water partition coefficient (Wildman–Crippen LogP) is 2.50. The summed E-state index contributed by atoms with van der Waals surface area (Å²) in [6.07, 6.45) is 0.754. The summed E-state index contributed by atoms with van der Waals surface area (Å²) in [5.41, 5.74) is 0.472. The number of hydrogen-bond acceptors (Lipinski definition) is 3. The van der Waals surface area contributed by atoms with E-state index in [4.69, 9.17) is 5.26 Å². The molecule has 1 aromatic rings. The van der Waals surface area contributed by atoms with Crippen molar-refractivity contribution in [3.63, 3.8) is 0 Å². The summed E-state index contributed by atoms with van der Waals surface area (Å²) in [7, 11) is 0. The number of Topliss-reactive ketones (excluding diaryl/α,β-unsaturated/α-hetero) is 1. The fraction of sp³-hybridized carbons (Fsp3) is 0.333. The maximum absolute atomic E-state index is 12.2. The molecular formula is C12H9NOS. The Bertz CT molecular complexity index is 491. The number of nitrogens with zero attached hydrogens (tertiary/aromatic N) is 1. The van der Waals surface area contributed by atoms with Gasteiger partial charge in [-0.25, -0.2) is 0 Å². The standard InChI is InChI=1S/C12H9NOS/c13-6-8-5-12(8)7-15-10-4-2-1-3-9(10)11(12)14/h1-4,8H,5,7H2/t8-,12-/m1/s1. The number of thioether (sulfide) groups is 1. The molecule has 1 spiro atoms. The molecule has 0 amide bonds. The summed E-state index contributed by atoms with van der Waals surface area (Å²) >= 11 is 1.71. The molecule has 0 radical (unpaired) electrons. The molecule has 1 saturated carbocycles. The SMILES string of the molecule is N#C[C@H]1C[C@@]12CSc1ccccc1C2=O. The van der Waals surface area contributed by atoms with Crippen molar-refractivity contribution in [2.24, 2.45) is 11.3 Å². The number of fused-ring (bicyclic) bond motifs is 1. The lowest BCUT2D eigenvalue weighted by Gasteiger charge is -2.22. The molecule has 1 fully saturated rings. The fourth-order valence-corrected chi connectivity index (χ4v) is 3.56. The first-order valence-electron chi connectivity index (χ1n) is 4.94. The van der Waals surface area contributed by atoms with Crippen molar-refractivity contribution in [1.82, 2.24) is 0 Å². The third-order valence-corrected chi connectivity index (χ3v) is 4.63. The molecule has 1 aliphatic carbocycles. The van der Waals surface area contributed by atoms with Crippen LogP contribution in [-0.2, 0) is 0 Å². The molecule has 0 aromatic heterocycles. The van der Waals surface area contributed by atoms with Gasteiger partial charge in [-0.1, -0.05) is 18.2 Å². The molecule has 1 aliphatic heterocycles. The van der Waals surface area contributed by atoms with Gasteiger partial charge in [0.2, 0.25) is 0 Å². The lowest BCUT2D eigenvalue weighted by Crippen LogP contribution is -2.25. The van der Waals surface area contributed by atoms with Crippen LogP contribution in [0.2, 0.25) is 0 Å². The zero-order valence-electron chi connectivity index (χ0n) is 8.06. The second-order valence-electron chi connectivity index (χ2n) is 4.16. The highest BCUT2D eigenvalue weighted by atomic mass is 32.2. The van der Waals surface area contributed by atoms with E-state index in [-0.39, 0.29) is 17.1 Å². The third kappa shape index (κ3) is 1.09. The minimum atomic E-state index is -0.340. The minimum Gasteiger partial charge on any atom is -0.293 e. The molecular weight excluding hydrogens is 206 g/mol. The molecule has 2 nitrogen and oxygen atoms in total. The van der Waals surface area contributed by atoms with Crippen LogP contribution < -0.4 is 0 Å². The van der Waals surface area contributed by atoms with Crippen LogP contribution in [0.3, 0.4) is 0 Å². The van der Waals surface area contributed by atoms with E-state index in [1.165, 1.54) is 0 Å². The second kappa shape index (κ2) is 2.86. The van der Waals surface area contributed by atoms with Crippen LogP contribution in [-0.4, -0.2) is 11.5 Å². The first-order chi connectivity index (χ1) is 7.28. The Morgan fingerprint density at radius 3 is 3.00 bits per heavy atom. The lowest BCUT2D eigenvalue weighted by atomic mass is 9.93. The van der Waals surface area contributed by atoms with Gasteiger partial charge in [0, 0.05) is 16.2 Å². The summed E-state index contributed by atoms with van der Waals surface area (Å²) in [6.45, 7) is 0. The zero-order chi connectivity index (χ0) is 10.5. The maximum Gasteiger partial charge on any atom is 0.172 e. The molecule has 2 aliphatic rings. The van der Waals surface area contributed by atoms with Gasteiger partial charge < -0.3 is 0 Å². The second-order valence-corrected chi connectivity index (χ2v) is 5.17. The van der Waals surface area contributed by atoms with E-state index in [0.29, 0.717) is 0 Å². The van der Waals surface area contributed by atoms with Gasteiger partial charge in [-0.2, -0.15) is 5.26 Å². The van der Waals surface area contributed by atoms with Crippen LogP contribution in [0.15, 0.2) is 29.2 Å². The Kier molecular flexibility index (Phi) is 1.72. The number of carbonyl (C=O) groups is 1. The van der Waals surface area contributed by atoms with Crippen LogP contribution in [0, 0.1) is 22.7 Å².